The predicted octanol–water partition coefficient (Wildman–Crippen LogP) is 17.2. The van der Waals surface area contributed by atoms with Crippen LogP contribution in [0.5, 0.6) is 0 Å². The van der Waals surface area contributed by atoms with Crippen LogP contribution in [0.2, 0.25) is 0 Å². The Kier molecular flexibility index (Phi) is 45.8. The van der Waals surface area contributed by atoms with Gasteiger partial charge in [0, 0.05) is 5.70 Å². The van der Waals surface area contributed by atoms with Crippen LogP contribution in [0.15, 0.2) is 164 Å². The molecule has 1 atom stereocenters. The number of rotatable bonds is 14. The number of aryl methyl sites for hydroxylation is 2. The molecule has 1 nitrogen and oxygen atoms in total. The monoisotopic (exact) mass is 774 g/mol. The molecule has 0 fully saturated rings. The first-order valence-corrected chi connectivity index (χ1v) is 21.6. The van der Waals surface area contributed by atoms with Crippen LogP contribution < -0.4 is 5.32 Å². The lowest BCUT2D eigenvalue weighted by Gasteiger charge is -2.22. The molecule has 4 rings (SSSR count). The molecule has 3 aromatic carbocycles. The minimum absolute atomic E-state index is 0.241. The number of nitrogens with one attached hydrogen (secondary N) is 1. The van der Waals surface area contributed by atoms with E-state index in [1.54, 1.807) is 0 Å². The molecule has 0 bridgehead atoms. The Morgan fingerprint density at radius 3 is 1.44 bits per heavy atom. The first kappa shape index (κ1) is 59.2. The lowest BCUT2D eigenvalue weighted by atomic mass is 10.00. The van der Waals surface area contributed by atoms with Gasteiger partial charge in [0.15, 0.2) is 0 Å². The lowest BCUT2D eigenvalue weighted by molar-refractivity contribution is 0.615. The molecule has 0 aromatic heterocycles. The van der Waals surface area contributed by atoms with Gasteiger partial charge in [-0.05, 0) is 89.7 Å². The van der Waals surface area contributed by atoms with Crippen LogP contribution >= 0.6 is 0 Å². The van der Waals surface area contributed by atoms with Crippen LogP contribution in [0.1, 0.15) is 144 Å². The van der Waals surface area contributed by atoms with Crippen LogP contribution in [0, 0.1) is 25.7 Å². The van der Waals surface area contributed by atoms with Gasteiger partial charge in [-0.2, -0.15) is 0 Å². The van der Waals surface area contributed by atoms with Crippen LogP contribution in [0.3, 0.4) is 0 Å². The molecule has 0 saturated heterocycles. The summed E-state index contributed by atoms with van der Waals surface area (Å²) in [6.07, 6.45) is 26.6. The van der Waals surface area contributed by atoms with E-state index in [2.05, 4.69) is 172 Å². The molecule has 0 aliphatic heterocycles. The van der Waals surface area contributed by atoms with Crippen molar-refractivity contribution in [2.24, 2.45) is 5.92 Å². The molecule has 0 heterocycles. The molecule has 316 valence electrons. The van der Waals surface area contributed by atoms with Gasteiger partial charge in [0.05, 0.1) is 6.04 Å². The van der Waals surface area contributed by atoms with Crippen LogP contribution in [0.25, 0.3) is 0 Å². The summed E-state index contributed by atoms with van der Waals surface area (Å²) < 4.78 is 0. The average molecular weight is 774 g/mol. The molecule has 1 unspecified atom stereocenters. The lowest BCUT2D eigenvalue weighted by Crippen LogP contribution is -2.31. The highest BCUT2D eigenvalue weighted by Crippen LogP contribution is 2.17. The minimum atomic E-state index is 0.241. The Hall–Kier alpha value is -4.54. The van der Waals surface area contributed by atoms with Gasteiger partial charge in [-0.1, -0.05) is 231 Å². The molecular formula is C56H87N. The van der Waals surface area contributed by atoms with Crippen LogP contribution in [0.4, 0.5) is 0 Å². The minimum Gasteiger partial charge on any atom is -0.382 e. The van der Waals surface area contributed by atoms with Crippen molar-refractivity contribution in [3.05, 3.63) is 180 Å². The van der Waals surface area contributed by atoms with Crippen molar-refractivity contribution in [2.75, 3.05) is 0 Å². The van der Waals surface area contributed by atoms with Gasteiger partial charge in [0.2, 0.25) is 0 Å². The molecule has 0 spiro atoms. The second kappa shape index (κ2) is 44.2. The van der Waals surface area contributed by atoms with Crippen molar-refractivity contribution >= 4 is 0 Å². The van der Waals surface area contributed by atoms with Crippen molar-refractivity contribution in [2.45, 2.75) is 153 Å². The van der Waals surface area contributed by atoms with Crippen molar-refractivity contribution < 1.29 is 0 Å². The Morgan fingerprint density at radius 2 is 1.11 bits per heavy atom. The second-order valence-corrected chi connectivity index (χ2v) is 14.0. The zero-order chi connectivity index (χ0) is 44.3. The van der Waals surface area contributed by atoms with Gasteiger partial charge in [0.1, 0.15) is 0 Å². The van der Waals surface area contributed by atoms with E-state index in [0.29, 0.717) is 5.92 Å². The van der Waals surface area contributed by atoms with E-state index in [4.69, 9.17) is 0 Å². The molecule has 0 radical (unpaired) electrons. The molecular weight excluding hydrogens is 687 g/mol. The van der Waals surface area contributed by atoms with Crippen molar-refractivity contribution in [3.8, 4) is 12.8 Å². The number of terminal acetylenes is 1. The highest BCUT2D eigenvalue weighted by molar-refractivity contribution is 5.23. The first-order chi connectivity index (χ1) is 27.4. The Bertz CT molecular complexity index is 1430. The average Bonchev–Trinajstić information content (AvgIpc) is 3.24. The largest absolute Gasteiger partial charge is 0.382 e. The number of hydrogen-bond donors (Lipinski definition) is 1. The topological polar surface area (TPSA) is 12.0 Å². The number of unbranched alkanes of at least 4 members (excludes halogenated alkanes) is 2. The molecule has 1 aliphatic rings. The molecule has 57 heavy (non-hydrogen) atoms. The van der Waals surface area contributed by atoms with E-state index in [1.165, 1.54) is 71.9 Å². The third-order valence-corrected chi connectivity index (χ3v) is 8.36. The zero-order valence-electron chi connectivity index (χ0n) is 39.1. The first-order valence-electron chi connectivity index (χ1n) is 21.6. The molecule has 1 N–H and O–H groups in total. The van der Waals surface area contributed by atoms with Gasteiger partial charge < -0.3 is 5.32 Å². The molecule has 0 amide bonds. The Morgan fingerprint density at radius 1 is 0.649 bits per heavy atom. The summed E-state index contributed by atoms with van der Waals surface area (Å²) >= 11 is 0. The molecule has 0 saturated carbocycles. The SMILES string of the molecule is C#C.C=C(C)C(C)C.C=C(C)CCC1=CCCC=C1.C=C(CCc1ccccc1)NC(Cc1ccccc1)C(=C)C.CC.CC.CCCCC.Cc1ccccc1. The highest BCUT2D eigenvalue weighted by atomic mass is 14.9. The van der Waals surface area contributed by atoms with Gasteiger partial charge in [-0.3, -0.25) is 0 Å². The Balaban J connectivity index is -0.000000335. The highest BCUT2D eigenvalue weighted by Gasteiger charge is 2.11. The normalized spacial score (nSPS) is 10.7. The quantitative estimate of drug-likeness (QED) is 0.127. The second-order valence-electron chi connectivity index (χ2n) is 14.0. The molecule has 1 aliphatic carbocycles. The summed E-state index contributed by atoms with van der Waals surface area (Å²) in [5.74, 6) is 0.657. The van der Waals surface area contributed by atoms with E-state index in [9.17, 15) is 0 Å². The number of benzene rings is 3. The van der Waals surface area contributed by atoms with Crippen molar-refractivity contribution in [1.29, 1.82) is 0 Å². The fourth-order valence-electron chi connectivity index (χ4n) is 4.56. The van der Waals surface area contributed by atoms with E-state index < -0.39 is 0 Å². The third-order valence-electron chi connectivity index (χ3n) is 8.36. The van der Waals surface area contributed by atoms with Crippen molar-refractivity contribution in [3.63, 3.8) is 0 Å². The predicted molar refractivity (Wildman–Crippen MR) is 265 cm³/mol. The summed E-state index contributed by atoms with van der Waals surface area (Å²) in [5.41, 5.74) is 10.2. The van der Waals surface area contributed by atoms with E-state index in [-0.39, 0.29) is 6.04 Å². The summed E-state index contributed by atoms with van der Waals surface area (Å²) in [5, 5.41) is 3.54. The van der Waals surface area contributed by atoms with Crippen LogP contribution in [-0.4, -0.2) is 6.04 Å². The maximum atomic E-state index is 4.18. The van der Waals surface area contributed by atoms with Crippen molar-refractivity contribution in [1.82, 2.24) is 5.32 Å². The third kappa shape index (κ3) is 40.9. The molecule has 1 heteroatoms. The summed E-state index contributed by atoms with van der Waals surface area (Å²) in [4.78, 5) is 0. The van der Waals surface area contributed by atoms with Gasteiger partial charge in [0.25, 0.3) is 0 Å². The summed E-state index contributed by atoms with van der Waals surface area (Å²) in [7, 11) is 0. The fourth-order valence-corrected chi connectivity index (χ4v) is 4.56. The number of allylic oxidation sites excluding steroid dienone is 7. The molecule has 3 aromatic rings. The van der Waals surface area contributed by atoms with Gasteiger partial charge in [-0.15, -0.1) is 19.4 Å². The smallest absolute Gasteiger partial charge is 0.0505 e. The maximum absolute atomic E-state index is 4.18. The zero-order valence-corrected chi connectivity index (χ0v) is 39.1. The van der Waals surface area contributed by atoms with Gasteiger partial charge >= 0.3 is 0 Å². The van der Waals surface area contributed by atoms with E-state index in [1.807, 2.05) is 65.0 Å². The van der Waals surface area contributed by atoms with Crippen LogP contribution in [-0.2, 0) is 12.8 Å². The maximum Gasteiger partial charge on any atom is 0.0505 e. The Labute approximate surface area is 356 Å². The van der Waals surface area contributed by atoms with E-state index in [0.717, 1.165) is 37.0 Å². The van der Waals surface area contributed by atoms with E-state index >= 15 is 0 Å². The standard InChI is InChI=1S/C21H25N.C11H16.C7H8.C6H12.C5H12.2C2H6.C2H2/c1-17(2)21(16-20-12-8-5-9-13-20)22-18(3)14-15-19-10-6-4-7-11-19;1-10(2)8-9-11-6-4-3-5-7-11;1-7-5-3-2-4-6-7;1-5(2)6(3)4;1-3-5-4-2;3*1-2/h4-13,21-22H,1,3,14-16H2,2H3;4,6-7H,1,3,5,8-9H2,2H3;2-6H,1H3;6H,1H2,2-4H3;3-5H2,1-2H3;2*1-2H3;1-2H. The summed E-state index contributed by atoms with van der Waals surface area (Å²) in [6, 6.07) is 31.6. The fraction of sp³-hybridized carbons (Fsp3) is 0.429. The number of hydrogen-bond acceptors (Lipinski definition) is 1. The van der Waals surface area contributed by atoms with Gasteiger partial charge in [-0.25, -0.2) is 0 Å². The summed E-state index contributed by atoms with van der Waals surface area (Å²) in [6.45, 7) is 40.9.